The van der Waals surface area contributed by atoms with Crippen LogP contribution in [0.25, 0.3) is 0 Å². The van der Waals surface area contributed by atoms with Gasteiger partial charge in [-0.3, -0.25) is 0 Å². The quantitative estimate of drug-likeness (QED) is 0.718. The summed E-state index contributed by atoms with van der Waals surface area (Å²) < 4.78 is 0. The zero-order valence-electron chi connectivity index (χ0n) is 11.1. The normalized spacial score (nSPS) is 11.4. The highest BCUT2D eigenvalue weighted by atomic mass is 35.5. The van der Waals surface area contributed by atoms with Crippen LogP contribution in [-0.4, -0.2) is 34.3 Å². The molecule has 5 nitrogen and oxygen atoms in total. The van der Waals surface area contributed by atoms with Crippen molar-refractivity contribution in [2.24, 2.45) is 5.41 Å². The summed E-state index contributed by atoms with van der Waals surface area (Å²) in [5.41, 5.74) is -0.390. The van der Waals surface area contributed by atoms with Crippen molar-refractivity contribution >= 4 is 23.4 Å². The molecular formula is C13H19ClN2O3. The lowest BCUT2D eigenvalue weighted by Gasteiger charge is -2.29. The number of carboxylic acid groups (broad SMARTS) is 1. The van der Waals surface area contributed by atoms with Crippen LogP contribution < -0.4 is 5.32 Å². The number of carbonyl (C=O) groups is 1. The molecule has 1 aromatic rings. The molecule has 6 heteroatoms. The molecule has 3 N–H and O–H groups in total. The van der Waals surface area contributed by atoms with Crippen LogP contribution in [0, 0.1) is 5.41 Å². The van der Waals surface area contributed by atoms with Gasteiger partial charge in [-0.05, 0) is 25.0 Å². The topological polar surface area (TPSA) is 82.5 Å². The number of hydrogen-bond donors (Lipinski definition) is 3. The van der Waals surface area contributed by atoms with Gasteiger partial charge in [0.1, 0.15) is 5.82 Å². The van der Waals surface area contributed by atoms with Gasteiger partial charge >= 0.3 is 5.97 Å². The maximum absolute atomic E-state index is 10.9. The molecule has 0 amide bonds. The molecule has 0 bridgehead atoms. The first kappa shape index (κ1) is 15.7. The van der Waals surface area contributed by atoms with Crippen molar-refractivity contribution < 1.29 is 15.0 Å². The third kappa shape index (κ3) is 3.81. The van der Waals surface area contributed by atoms with Crippen molar-refractivity contribution in [2.45, 2.75) is 26.7 Å². The van der Waals surface area contributed by atoms with Crippen LogP contribution in [0.15, 0.2) is 12.1 Å². The van der Waals surface area contributed by atoms with Gasteiger partial charge in [-0.2, -0.15) is 0 Å². The fourth-order valence-electron chi connectivity index (χ4n) is 1.75. The third-order valence-corrected chi connectivity index (χ3v) is 3.83. The van der Waals surface area contributed by atoms with E-state index >= 15 is 0 Å². The van der Waals surface area contributed by atoms with E-state index in [0.717, 1.165) is 12.8 Å². The number of pyridine rings is 1. The first-order valence-electron chi connectivity index (χ1n) is 6.22. The number of anilines is 1. The highest BCUT2D eigenvalue weighted by Crippen LogP contribution is 2.26. The standard InChI is InChI=1S/C13H19ClN2O3/c1-3-13(4-2,8-17)7-15-10-6-5-9(14)11(16-10)12(18)19/h5-6,17H,3-4,7-8H2,1-2H3,(H,15,16)(H,18,19). The first-order chi connectivity index (χ1) is 8.98. The molecule has 0 aromatic carbocycles. The number of carboxylic acids is 1. The van der Waals surface area contributed by atoms with Crippen molar-refractivity contribution in [3.05, 3.63) is 22.8 Å². The lowest BCUT2D eigenvalue weighted by atomic mass is 9.83. The van der Waals surface area contributed by atoms with Gasteiger partial charge in [0.25, 0.3) is 0 Å². The summed E-state index contributed by atoms with van der Waals surface area (Å²) in [6.07, 6.45) is 1.65. The van der Waals surface area contributed by atoms with Gasteiger partial charge in [0.05, 0.1) is 11.6 Å². The van der Waals surface area contributed by atoms with Crippen LogP contribution in [0.2, 0.25) is 5.02 Å². The molecular weight excluding hydrogens is 268 g/mol. The Morgan fingerprint density at radius 3 is 2.53 bits per heavy atom. The van der Waals surface area contributed by atoms with Gasteiger partial charge in [-0.15, -0.1) is 0 Å². The summed E-state index contributed by atoms with van der Waals surface area (Å²) in [4.78, 5) is 14.9. The van der Waals surface area contributed by atoms with Gasteiger partial charge < -0.3 is 15.5 Å². The Morgan fingerprint density at radius 2 is 2.05 bits per heavy atom. The average molecular weight is 287 g/mol. The monoisotopic (exact) mass is 286 g/mol. The summed E-state index contributed by atoms with van der Waals surface area (Å²) in [5.74, 6) is -0.713. The predicted octanol–water partition coefficient (Wildman–Crippen LogP) is 2.64. The number of aliphatic hydroxyl groups is 1. The third-order valence-electron chi connectivity index (χ3n) is 3.53. The van der Waals surface area contributed by atoms with Crippen molar-refractivity contribution in [2.75, 3.05) is 18.5 Å². The molecule has 0 saturated carbocycles. The number of nitrogens with zero attached hydrogens (tertiary/aromatic N) is 1. The molecule has 0 aliphatic carbocycles. The maximum atomic E-state index is 10.9. The minimum Gasteiger partial charge on any atom is -0.476 e. The molecule has 1 heterocycles. The molecule has 0 aliphatic heterocycles. The Kier molecular flexibility index (Phi) is 5.57. The number of hydrogen-bond acceptors (Lipinski definition) is 4. The number of aromatic carboxylic acids is 1. The number of aliphatic hydroxyl groups excluding tert-OH is 1. The second-order valence-corrected chi connectivity index (χ2v) is 4.96. The van der Waals surface area contributed by atoms with E-state index in [9.17, 15) is 9.90 Å². The molecule has 0 spiro atoms. The largest absolute Gasteiger partial charge is 0.476 e. The Labute approximate surface area is 117 Å². The summed E-state index contributed by atoms with van der Waals surface area (Å²) in [6.45, 7) is 4.63. The van der Waals surface area contributed by atoms with E-state index in [1.807, 2.05) is 13.8 Å². The lowest BCUT2D eigenvalue weighted by Crippen LogP contribution is -2.32. The molecule has 19 heavy (non-hydrogen) atoms. The van der Waals surface area contributed by atoms with Gasteiger partial charge in [0.15, 0.2) is 5.69 Å². The first-order valence-corrected chi connectivity index (χ1v) is 6.60. The Bertz CT molecular complexity index is 439. The highest BCUT2D eigenvalue weighted by molar-refractivity contribution is 6.33. The molecule has 0 saturated heterocycles. The molecule has 0 aliphatic rings. The zero-order valence-corrected chi connectivity index (χ0v) is 11.9. The number of nitrogens with one attached hydrogen (secondary N) is 1. The number of aromatic nitrogens is 1. The van der Waals surface area contributed by atoms with Crippen LogP contribution in [-0.2, 0) is 0 Å². The van der Waals surface area contributed by atoms with Crippen LogP contribution >= 0.6 is 11.6 Å². The van der Waals surface area contributed by atoms with E-state index in [1.165, 1.54) is 6.07 Å². The molecule has 1 rings (SSSR count). The van der Waals surface area contributed by atoms with Crippen LogP contribution in [0.3, 0.4) is 0 Å². The van der Waals surface area contributed by atoms with E-state index < -0.39 is 5.97 Å². The van der Waals surface area contributed by atoms with Crippen LogP contribution in [0.4, 0.5) is 5.82 Å². The van der Waals surface area contributed by atoms with E-state index in [1.54, 1.807) is 6.07 Å². The van der Waals surface area contributed by atoms with Gasteiger partial charge in [-0.25, -0.2) is 9.78 Å². The number of halogens is 1. The summed E-state index contributed by atoms with van der Waals surface area (Å²) >= 11 is 5.75. The molecule has 0 radical (unpaired) electrons. The molecule has 106 valence electrons. The molecule has 0 fully saturated rings. The van der Waals surface area contributed by atoms with Gasteiger partial charge in [0, 0.05) is 12.0 Å². The van der Waals surface area contributed by atoms with E-state index in [4.69, 9.17) is 16.7 Å². The lowest BCUT2D eigenvalue weighted by molar-refractivity contribution is 0.0691. The minimum absolute atomic E-state index is 0.0758. The second kappa shape index (κ2) is 6.73. The Hall–Kier alpha value is -1.33. The van der Waals surface area contributed by atoms with Crippen molar-refractivity contribution in [1.82, 2.24) is 4.98 Å². The van der Waals surface area contributed by atoms with Gasteiger partial charge in [-0.1, -0.05) is 25.4 Å². The van der Waals surface area contributed by atoms with Crippen molar-refractivity contribution in [3.63, 3.8) is 0 Å². The highest BCUT2D eigenvalue weighted by Gasteiger charge is 2.25. The molecule has 0 unspecified atom stereocenters. The zero-order chi connectivity index (χ0) is 14.5. The number of rotatable bonds is 7. The van der Waals surface area contributed by atoms with E-state index in [2.05, 4.69) is 10.3 Å². The van der Waals surface area contributed by atoms with Gasteiger partial charge in [0.2, 0.25) is 0 Å². The minimum atomic E-state index is -1.16. The fourth-order valence-corrected chi connectivity index (χ4v) is 1.93. The Balaban J connectivity index is 2.83. The molecule has 0 atom stereocenters. The fraction of sp³-hybridized carbons (Fsp3) is 0.538. The van der Waals surface area contributed by atoms with Crippen LogP contribution in [0.1, 0.15) is 37.2 Å². The predicted molar refractivity (Wildman–Crippen MR) is 74.8 cm³/mol. The average Bonchev–Trinajstić information content (AvgIpc) is 2.42. The summed E-state index contributed by atoms with van der Waals surface area (Å²) in [6, 6.07) is 3.13. The Morgan fingerprint density at radius 1 is 1.42 bits per heavy atom. The van der Waals surface area contributed by atoms with Crippen LogP contribution in [0.5, 0.6) is 0 Å². The second-order valence-electron chi connectivity index (χ2n) is 4.55. The summed E-state index contributed by atoms with van der Waals surface area (Å²) in [7, 11) is 0. The SMILES string of the molecule is CCC(CC)(CO)CNc1ccc(Cl)c(C(=O)O)n1. The van der Waals surface area contributed by atoms with Crippen molar-refractivity contribution in [1.29, 1.82) is 0 Å². The smallest absolute Gasteiger partial charge is 0.356 e. The van der Waals surface area contributed by atoms with E-state index in [-0.39, 0.29) is 22.7 Å². The van der Waals surface area contributed by atoms with Crippen molar-refractivity contribution in [3.8, 4) is 0 Å². The molecule has 1 aromatic heterocycles. The summed E-state index contributed by atoms with van der Waals surface area (Å²) in [5, 5.41) is 21.6. The maximum Gasteiger partial charge on any atom is 0.356 e. The van der Waals surface area contributed by atoms with E-state index in [0.29, 0.717) is 12.4 Å².